The van der Waals surface area contributed by atoms with Crippen molar-refractivity contribution in [3.63, 3.8) is 0 Å². The molecule has 2 amide bonds. The summed E-state index contributed by atoms with van der Waals surface area (Å²) in [6.45, 7) is 5.54. The molecule has 3 aromatic carbocycles. The number of carbonyl (C=O) groups excluding carboxylic acids is 3. The van der Waals surface area contributed by atoms with Gasteiger partial charge in [0.2, 0.25) is 11.8 Å². The van der Waals surface area contributed by atoms with Gasteiger partial charge >= 0.3 is 0 Å². The van der Waals surface area contributed by atoms with Crippen LogP contribution >= 0.6 is 0 Å². The summed E-state index contributed by atoms with van der Waals surface area (Å²) in [6.07, 6.45) is 0. The number of anilines is 1. The summed E-state index contributed by atoms with van der Waals surface area (Å²) in [7, 11) is 0. The van der Waals surface area contributed by atoms with Gasteiger partial charge in [-0.2, -0.15) is 0 Å². The van der Waals surface area contributed by atoms with Crippen molar-refractivity contribution in [2.45, 2.75) is 32.1 Å². The molecular weight excluding hydrogens is 398 g/mol. The summed E-state index contributed by atoms with van der Waals surface area (Å²) in [5.74, 6) is -2.12. The van der Waals surface area contributed by atoms with Crippen LogP contribution in [0.1, 0.15) is 46.2 Å². The van der Waals surface area contributed by atoms with Crippen LogP contribution in [0, 0.1) is 25.7 Å². The number of amides is 2. The average molecular weight is 421 g/mol. The maximum absolute atomic E-state index is 14.0. The van der Waals surface area contributed by atoms with Gasteiger partial charge < -0.3 is 0 Å². The van der Waals surface area contributed by atoms with Crippen molar-refractivity contribution in [1.82, 2.24) is 0 Å². The zero-order valence-electron chi connectivity index (χ0n) is 18.3. The Bertz CT molecular complexity index is 1310. The predicted octanol–water partition coefficient (Wildman–Crippen LogP) is 4.44. The minimum absolute atomic E-state index is 0.0892. The van der Waals surface area contributed by atoms with E-state index in [4.69, 9.17) is 0 Å². The van der Waals surface area contributed by atoms with E-state index in [2.05, 4.69) is 0 Å². The van der Waals surface area contributed by atoms with Crippen molar-refractivity contribution in [3.05, 3.63) is 100 Å². The van der Waals surface area contributed by atoms with Crippen LogP contribution in [-0.2, 0) is 19.8 Å². The van der Waals surface area contributed by atoms with E-state index >= 15 is 0 Å². The van der Waals surface area contributed by atoms with E-state index in [-0.39, 0.29) is 23.5 Å². The topological polar surface area (TPSA) is 54.5 Å². The third kappa shape index (κ3) is 2.05. The van der Waals surface area contributed by atoms with Gasteiger partial charge in [-0.15, -0.1) is 0 Å². The summed E-state index contributed by atoms with van der Waals surface area (Å²) in [4.78, 5) is 42.8. The monoisotopic (exact) mass is 421 g/mol. The summed E-state index contributed by atoms with van der Waals surface area (Å²) >= 11 is 0. The highest BCUT2D eigenvalue weighted by Crippen LogP contribution is 2.64. The fourth-order valence-corrected chi connectivity index (χ4v) is 6.49. The minimum atomic E-state index is -1.15. The molecule has 4 nitrogen and oxygen atoms in total. The van der Waals surface area contributed by atoms with Crippen molar-refractivity contribution in [3.8, 4) is 0 Å². The molecule has 7 rings (SSSR count). The van der Waals surface area contributed by atoms with Crippen LogP contribution in [0.4, 0.5) is 5.69 Å². The molecule has 1 fully saturated rings. The Labute approximate surface area is 186 Å². The van der Waals surface area contributed by atoms with Crippen LogP contribution < -0.4 is 4.90 Å². The molecule has 1 saturated heterocycles. The predicted molar refractivity (Wildman–Crippen MR) is 122 cm³/mol. The quantitative estimate of drug-likeness (QED) is 0.575. The molecule has 1 aliphatic heterocycles. The van der Waals surface area contributed by atoms with E-state index in [0.29, 0.717) is 5.69 Å². The molecule has 32 heavy (non-hydrogen) atoms. The fraction of sp³-hybridized carbons (Fsp3) is 0.250. The first-order valence-corrected chi connectivity index (χ1v) is 11.0. The molecule has 4 heteroatoms. The molecule has 0 radical (unpaired) electrons. The van der Waals surface area contributed by atoms with Crippen LogP contribution in [0.3, 0.4) is 0 Å². The van der Waals surface area contributed by atoms with E-state index in [9.17, 15) is 14.4 Å². The number of carbonyl (C=O) groups is 3. The Kier molecular flexibility index (Phi) is 3.75. The molecule has 0 spiro atoms. The lowest BCUT2D eigenvalue weighted by Gasteiger charge is -2.52. The van der Waals surface area contributed by atoms with E-state index in [0.717, 1.165) is 33.4 Å². The van der Waals surface area contributed by atoms with Crippen LogP contribution in [0.5, 0.6) is 0 Å². The van der Waals surface area contributed by atoms with Gasteiger partial charge in [0.05, 0.1) is 22.9 Å². The second-order valence-electron chi connectivity index (χ2n) is 9.30. The van der Waals surface area contributed by atoms with Crippen LogP contribution in [0.25, 0.3) is 0 Å². The van der Waals surface area contributed by atoms with Crippen LogP contribution in [0.2, 0.25) is 0 Å². The van der Waals surface area contributed by atoms with Crippen molar-refractivity contribution in [2.75, 3.05) is 4.90 Å². The Hall–Kier alpha value is -3.53. The van der Waals surface area contributed by atoms with E-state index in [1.807, 2.05) is 80.6 Å². The smallest absolute Gasteiger partial charge is 0.239 e. The van der Waals surface area contributed by atoms with Gasteiger partial charge in [-0.05, 0) is 66.3 Å². The first-order chi connectivity index (χ1) is 15.4. The summed E-state index contributed by atoms with van der Waals surface area (Å²) < 4.78 is 0. The van der Waals surface area contributed by atoms with Gasteiger partial charge in [-0.3, -0.25) is 14.4 Å². The van der Waals surface area contributed by atoms with Gasteiger partial charge in [0, 0.05) is 5.92 Å². The first kappa shape index (κ1) is 19.2. The highest BCUT2D eigenvalue weighted by molar-refractivity contribution is 6.25. The number of benzene rings is 3. The van der Waals surface area contributed by atoms with E-state index < -0.39 is 17.3 Å². The number of nitrogens with zero attached hydrogens (tertiary/aromatic N) is 1. The largest absolute Gasteiger partial charge is 0.299 e. The molecular formula is C28H23NO3. The number of ketones is 1. The SMILES string of the molecule is CC(=O)C12c3ccccc3C(c3ccccc31)[C@@H]1C(=O)N(c3ccc(C)c(C)c3)C(=O)[C@@H]12. The maximum atomic E-state index is 14.0. The van der Waals surface area contributed by atoms with Crippen molar-refractivity contribution in [2.24, 2.45) is 11.8 Å². The summed E-state index contributed by atoms with van der Waals surface area (Å²) in [5, 5.41) is 0. The molecule has 2 bridgehead atoms. The van der Waals surface area contributed by atoms with E-state index in [1.165, 1.54) is 4.90 Å². The Morgan fingerprint density at radius 2 is 1.41 bits per heavy atom. The van der Waals surface area contributed by atoms with Gasteiger partial charge in [-0.1, -0.05) is 54.6 Å². The molecule has 0 saturated carbocycles. The second kappa shape index (κ2) is 6.26. The van der Waals surface area contributed by atoms with Gasteiger partial charge in [0.1, 0.15) is 5.78 Å². The van der Waals surface area contributed by atoms with Crippen LogP contribution in [0.15, 0.2) is 66.7 Å². The molecule has 3 aliphatic carbocycles. The van der Waals surface area contributed by atoms with Crippen LogP contribution in [-0.4, -0.2) is 17.6 Å². The van der Waals surface area contributed by atoms with Gasteiger partial charge in [0.15, 0.2) is 0 Å². The van der Waals surface area contributed by atoms with Gasteiger partial charge in [0.25, 0.3) is 0 Å². The summed E-state index contributed by atoms with van der Waals surface area (Å²) in [6, 6.07) is 21.4. The maximum Gasteiger partial charge on any atom is 0.239 e. The van der Waals surface area contributed by atoms with Crippen molar-refractivity contribution >= 4 is 23.3 Å². The van der Waals surface area contributed by atoms with Gasteiger partial charge in [-0.25, -0.2) is 4.90 Å². The molecule has 3 aromatic rings. The second-order valence-corrected chi connectivity index (χ2v) is 9.30. The average Bonchev–Trinajstić information content (AvgIpc) is 3.06. The Morgan fingerprint density at radius 3 is 1.97 bits per heavy atom. The van der Waals surface area contributed by atoms with E-state index in [1.54, 1.807) is 6.92 Å². The molecule has 4 aliphatic rings. The highest BCUT2D eigenvalue weighted by atomic mass is 16.2. The number of hydrogen-bond acceptors (Lipinski definition) is 3. The third-order valence-electron chi connectivity index (χ3n) is 7.92. The molecule has 0 unspecified atom stereocenters. The number of Topliss-reactive ketones (excluding diaryl/α,β-unsaturated/α-hetero) is 1. The molecule has 0 N–H and O–H groups in total. The lowest BCUT2D eigenvalue weighted by molar-refractivity contribution is -0.132. The Balaban J connectivity index is 1.66. The summed E-state index contributed by atoms with van der Waals surface area (Å²) in [5.41, 5.74) is 5.30. The lowest BCUT2D eigenvalue weighted by atomic mass is 9.46. The number of aryl methyl sites for hydroxylation is 2. The fourth-order valence-electron chi connectivity index (χ4n) is 6.49. The van der Waals surface area contributed by atoms with Crippen molar-refractivity contribution in [1.29, 1.82) is 0 Å². The Morgan fingerprint density at radius 1 is 0.812 bits per heavy atom. The standard InChI is InChI=1S/C28H23NO3/c1-15-12-13-18(14-16(15)2)29-26(31)24-23-19-8-4-6-10-21(19)28(17(3)30,25(24)27(29)32)22-11-7-5-9-20(22)23/h4-14,23-25H,1-3H3/t23?,24-,25+,28?/m0/s1. The first-order valence-electron chi connectivity index (χ1n) is 11.0. The number of imide groups is 1. The number of rotatable bonds is 2. The molecule has 2 atom stereocenters. The molecule has 0 aromatic heterocycles. The zero-order valence-corrected chi connectivity index (χ0v) is 18.3. The lowest BCUT2D eigenvalue weighted by Crippen LogP contribution is -2.57. The number of hydrogen-bond donors (Lipinski definition) is 0. The molecule has 1 heterocycles. The third-order valence-corrected chi connectivity index (χ3v) is 7.92. The van der Waals surface area contributed by atoms with Crippen molar-refractivity contribution < 1.29 is 14.4 Å². The highest BCUT2D eigenvalue weighted by Gasteiger charge is 2.69. The zero-order chi connectivity index (χ0) is 22.4. The normalized spacial score (nSPS) is 27.2. The minimum Gasteiger partial charge on any atom is -0.299 e. The molecule has 158 valence electrons.